The van der Waals surface area contributed by atoms with Gasteiger partial charge >= 0.3 is 0 Å². The van der Waals surface area contributed by atoms with E-state index < -0.39 is 21.7 Å². The number of hydrogen-bond donors (Lipinski definition) is 0. The summed E-state index contributed by atoms with van der Waals surface area (Å²) in [5.41, 5.74) is 0.210. The molecule has 26 heavy (non-hydrogen) atoms. The van der Waals surface area contributed by atoms with E-state index in [0.29, 0.717) is 22.9 Å². The van der Waals surface area contributed by atoms with Crippen molar-refractivity contribution >= 4 is 55.0 Å². The number of benzene rings is 1. The van der Waals surface area contributed by atoms with Crippen LogP contribution in [0.1, 0.15) is 0 Å². The Balaban J connectivity index is 0.00000338. The number of carbonyl (C=O) groups excluding carboxylic acids is 1. The molecule has 2 rings (SSSR count). The van der Waals surface area contributed by atoms with Crippen LogP contribution in [0.3, 0.4) is 0 Å². The topological polar surface area (TPSA) is 73.8 Å². The summed E-state index contributed by atoms with van der Waals surface area (Å²) in [6, 6.07) is 4.63. The van der Waals surface area contributed by atoms with Gasteiger partial charge in [-0.25, -0.2) is 17.8 Å². The summed E-state index contributed by atoms with van der Waals surface area (Å²) in [5.74, 6) is -0.859. The lowest BCUT2D eigenvalue weighted by atomic mass is 10.3. The Bertz CT molecular complexity index is 873. The quantitative estimate of drug-likeness (QED) is 0.675. The molecule has 146 valence electrons. The molecule has 0 unspecified atom stereocenters. The van der Waals surface area contributed by atoms with E-state index in [0.717, 1.165) is 10.6 Å². The number of carbonyl (C=O) groups is 1. The first-order valence-corrected chi connectivity index (χ1v) is 10.2. The van der Waals surface area contributed by atoms with Gasteiger partial charge in [-0.15, -0.1) is 12.4 Å². The Morgan fingerprint density at radius 3 is 2.42 bits per heavy atom. The molecule has 0 saturated heterocycles. The minimum absolute atomic E-state index is 0. The second kappa shape index (κ2) is 9.05. The first-order chi connectivity index (χ1) is 11.6. The molecule has 0 saturated carbocycles. The van der Waals surface area contributed by atoms with E-state index in [1.165, 1.54) is 29.4 Å². The van der Waals surface area contributed by atoms with E-state index in [9.17, 15) is 17.6 Å². The van der Waals surface area contributed by atoms with E-state index in [1.807, 2.05) is 19.0 Å². The van der Waals surface area contributed by atoms with Crippen LogP contribution in [0.5, 0.6) is 0 Å². The van der Waals surface area contributed by atoms with Crippen LogP contribution in [0, 0.1) is 5.82 Å². The fraction of sp³-hybridized carbons (Fsp3) is 0.467. The normalized spacial score (nSPS) is 11.8. The van der Waals surface area contributed by atoms with Crippen molar-refractivity contribution in [3.63, 3.8) is 0 Å². The minimum Gasteiger partial charge on any atom is -0.308 e. The number of aromatic nitrogens is 1. The zero-order valence-corrected chi connectivity index (χ0v) is 17.4. The predicted molar refractivity (Wildman–Crippen MR) is 105 cm³/mol. The van der Waals surface area contributed by atoms with E-state index in [2.05, 4.69) is 4.98 Å². The highest BCUT2D eigenvalue weighted by molar-refractivity contribution is 7.88. The summed E-state index contributed by atoms with van der Waals surface area (Å²) in [6.07, 6.45) is 1.04. The largest absolute Gasteiger partial charge is 0.308 e. The van der Waals surface area contributed by atoms with Crippen molar-refractivity contribution in [3.8, 4) is 0 Å². The molecule has 7 nitrogen and oxygen atoms in total. The van der Waals surface area contributed by atoms with Crippen molar-refractivity contribution in [1.29, 1.82) is 0 Å². The smallest absolute Gasteiger partial charge is 0.244 e. The molecule has 2 aromatic rings. The van der Waals surface area contributed by atoms with Gasteiger partial charge in [-0.05, 0) is 26.2 Å². The second-order valence-electron chi connectivity index (χ2n) is 5.95. The van der Waals surface area contributed by atoms with Crippen molar-refractivity contribution in [2.45, 2.75) is 0 Å². The maximum absolute atomic E-state index is 13.9. The Hall–Kier alpha value is -1.33. The first-order valence-electron chi connectivity index (χ1n) is 7.51. The lowest BCUT2D eigenvalue weighted by Gasteiger charge is -2.24. The predicted octanol–water partition coefficient (Wildman–Crippen LogP) is 1.64. The molecule has 11 heteroatoms. The fourth-order valence-corrected chi connectivity index (χ4v) is 3.41. The zero-order chi connectivity index (χ0) is 18.8. The van der Waals surface area contributed by atoms with Crippen LogP contribution >= 0.6 is 23.7 Å². The van der Waals surface area contributed by atoms with Crippen LogP contribution in [0.2, 0.25) is 0 Å². The average molecular weight is 425 g/mol. The number of thiazole rings is 1. The summed E-state index contributed by atoms with van der Waals surface area (Å²) in [7, 11) is 1.59. The maximum Gasteiger partial charge on any atom is 0.244 e. The Kier molecular flexibility index (Phi) is 7.90. The number of rotatable bonds is 7. The van der Waals surface area contributed by atoms with E-state index in [-0.39, 0.29) is 24.5 Å². The molecule has 1 aromatic heterocycles. The first kappa shape index (κ1) is 22.7. The van der Waals surface area contributed by atoms with Gasteiger partial charge in [0.25, 0.3) is 0 Å². The summed E-state index contributed by atoms with van der Waals surface area (Å²) < 4.78 is 38.6. The van der Waals surface area contributed by atoms with E-state index in [1.54, 1.807) is 12.1 Å². The van der Waals surface area contributed by atoms with Gasteiger partial charge in [-0.2, -0.15) is 4.31 Å². The van der Waals surface area contributed by atoms with Gasteiger partial charge in [0.05, 0.1) is 17.5 Å². The number of nitrogens with zero attached hydrogens (tertiary/aromatic N) is 4. The maximum atomic E-state index is 13.9. The number of amides is 1. The van der Waals surface area contributed by atoms with Gasteiger partial charge in [0.1, 0.15) is 11.3 Å². The molecule has 0 radical (unpaired) electrons. The lowest BCUT2D eigenvalue weighted by Crippen LogP contribution is -2.43. The van der Waals surface area contributed by atoms with Crippen molar-refractivity contribution in [1.82, 2.24) is 14.2 Å². The van der Waals surface area contributed by atoms with Crippen LogP contribution in [0.15, 0.2) is 18.2 Å². The highest BCUT2D eigenvalue weighted by Crippen LogP contribution is 2.30. The second-order valence-corrected chi connectivity index (χ2v) is 9.05. The summed E-state index contributed by atoms with van der Waals surface area (Å²) in [5, 5.41) is 0.355. The van der Waals surface area contributed by atoms with Gasteiger partial charge in [0.15, 0.2) is 5.13 Å². The third kappa shape index (κ3) is 5.58. The fourth-order valence-electron chi connectivity index (χ4n) is 2.04. The third-order valence-corrected chi connectivity index (χ3v) is 5.89. The Labute approximate surface area is 162 Å². The van der Waals surface area contributed by atoms with Gasteiger partial charge in [0.2, 0.25) is 15.9 Å². The molecule has 1 amide bonds. The SMILES string of the molecule is CN(C)CCN(C(=O)CN(C)S(C)(=O)=O)c1nc2c(F)cccc2s1.Cl. The molecule has 0 N–H and O–H groups in total. The number of fused-ring (bicyclic) bond motifs is 1. The van der Waals surface area contributed by atoms with Gasteiger partial charge in [-0.1, -0.05) is 17.4 Å². The van der Waals surface area contributed by atoms with Gasteiger partial charge in [-0.3, -0.25) is 9.69 Å². The van der Waals surface area contributed by atoms with Crippen LogP contribution < -0.4 is 4.90 Å². The van der Waals surface area contributed by atoms with E-state index >= 15 is 0 Å². The van der Waals surface area contributed by atoms with Crippen LogP contribution in [-0.2, 0) is 14.8 Å². The monoisotopic (exact) mass is 424 g/mol. The number of anilines is 1. The number of halogens is 2. The Morgan fingerprint density at radius 1 is 1.23 bits per heavy atom. The van der Waals surface area contributed by atoms with Crippen LogP contribution in [-0.4, -0.2) is 75.5 Å². The van der Waals surface area contributed by atoms with Crippen LogP contribution in [0.4, 0.5) is 9.52 Å². The summed E-state index contributed by atoms with van der Waals surface area (Å²) >= 11 is 1.20. The molecule has 0 fully saturated rings. The Morgan fingerprint density at radius 2 is 1.88 bits per heavy atom. The van der Waals surface area contributed by atoms with Crippen molar-refractivity contribution in [2.75, 3.05) is 51.9 Å². The lowest BCUT2D eigenvalue weighted by molar-refractivity contribution is -0.118. The van der Waals surface area contributed by atoms with E-state index in [4.69, 9.17) is 0 Å². The number of sulfonamides is 1. The van der Waals surface area contributed by atoms with Crippen LogP contribution in [0.25, 0.3) is 10.2 Å². The van der Waals surface area contributed by atoms with Crippen molar-refractivity contribution < 1.29 is 17.6 Å². The molecule has 0 bridgehead atoms. The highest BCUT2D eigenvalue weighted by atomic mass is 35.5. The average Bonchev–Trinajstić information content (AvgIpc) is 2.91. The van der Waals surface area contributed by atoms with Crippen molar-refractivity contribution in [2.24, 2.45) is 0 Å². The molecule has 1 aromatic carbocycles. The highest BCUT2D eigenvalue weighted by Gasteiger charge is 2.24. The molecule has 0 aliphatic carbocycles. The van der Waals surface area contributed by atoms with Crippen molar-refractivity contribution in [3.05, 3.63) is 24.0 Å². The molecule has 0 atom stereocenters. The van der Waals surface area contributed by atoms with Gasteiger partial charge < -0.3 is 4.90 Å². The molecule has 0 aliphatic heterocycles. The summed E-state index contributed by atoms with van der Waals surface area (Å²) in [4.78, 5) is 20.2. The number of para-hydroxylation sites is 1. The third-order valence-electron chi connectivity index (χ3n) is 3.59. The molecule has 1 heterocycles. The minimum atomic E-state index is -3.48. The standard InChI is InChI=1S/C15H21FN4O3S2.ClH/c1-18(2)8-9-20(13(21)10-19(3)25(4,22)23)15-17-14-11(16)6-5-7-12(14)24-15;/h5-7H,8-10H2,1-4H3;1H. The number of hydrogen-bond acceptors (Lipinski definition) is 6. The molecular weight excluding hydrogens is 403 g/mol. The summed E-state index contributed by atoms with van der Waals surface area (Å²) in [6.45, 7) is 0.586. The molecule has 0 aliphatic rings. The molecular formula is C15H22ClFN4O3S2. The number of likely N-dealkylation sites (N-methyl/N-ethyl adjacent to an activating group) is 2. The van der Waals surface area contributed by atoms with Gasteiger partial charge in [0, 0.05) is 20.1 Å². The molecule has 0 spiro atoms. The zero-order valence-electron chi connectivity index (χ0n) is 15.0.